The fourth-order valence-electron chi connectivity index (χ4n) is 3.18. The van der Waals surface area contributed by atoms with Crippen molar-refractivity contribution in [2.75, 3.05) is 13.2 Å². The summed E-state index contributed by atoms with van der Waals surface area (Å²) in [7, 11) is 0. The van der Waals surface area contributed by atoms with E-state index in [-0.39, 0.29) is 23.8 Å². The van der Waals surface area contributed by atoms with Gasteiger partial charge in [-0.15, -0.1) is 0 Å². The van der Waals surface area contributed by atoms with Crippen LogP contribution in [-0.2, 0) is 21.5 Å². The number of rotatable bonds is 10. The van der Waals surface area contributed by atoms with Gasteiger partial charge in [-0.05, 0) is 54.2 Å². The van der Waals surface area contributed by atoms with Crippen molar-refractivity contribution < 1.29 is 14.3 Å². The van der Waals surface area contributed by atoms with Gasteiger partial charge in [0.15, 0.2) is 6.61 Å². The van der Waals surface area contributed by atoms with Gasteiger partial charge in [0.1, 0.15) is 11.8 Å². The van der Waals surface area contributed by atoms with Gasteiger partial charge in [-0.2, -0.15) is 0 Å². The van der Waals surface area contributed by atoms with Crippen LogP contribution in [0, 0.1) is 0 Å². The lowest BCUT2D eigenvalue weighted by Gasteiger charge is -2.29. The molecule has 0 bridgehead atoms. The van der Waals surface area contributed by atoms with Crippen molar-refractivity contribution in [3.63, 3.8) is 0 Å². The number of carbonyl (C=O) groups is 2. The molecule has 32 heavy (non-hydrogen) atoms. The van der Waals surface area contributed by atoms with Crippen LogP contribution >= 0.6 is 11.6 Å². The summed E-state index contributed by atoms with van der Waals surface area (Å²) in [6, 6.07) is 14.4. The number of hydrogen-bond donors (Lipinski definition) is 1. The lowest BCUT2D eigenvalue weighted by Crippen LogP contribution is -2.49. The van der Waals surface area contributed by atoms with E-state index >= 15 is 0 Å². The highest BCUT2D eigenvalue weighted by molar-refractivity contribution is 6.30. The summed E-state index contributed by atoms with van der Waals surface area (Å²) in [5.74, 6) is 0.200. The zero-order valence-electron chi connectivity index (χ0n) is 19.8. The largest absolute Gasteiger partial charge is 0.484 e. The number of carbonyl (C=O) groups excluding carboxylic acids is 2. The highest BCUT2D eigenvalue weighted by Gasteiger charge is 2.26. The van der Waals surface area contributed by atoms with Gasteiger partial charge in [-0.3, -0.25) is 9.59 Å². The Bertz CT molecular complexity index is 873. The predicted molar refractivity (Wildman–Crippen MR) is 130 cm³/mol. The third-order valence-electron chi connectivity index (χ3n) is 5.35. The molecule has 2 aromatic carbocycles. The second-order valence-electron chi connectivity index (χ2n) is 9.03. The molecule has 0 aliphatic heterocycles. The summed E-state index contributed by atoms with van der Waals surface area (Å²) in [4.78, 5) is 27.3. The molecule has 0 aliphatic rings. The molecule has 0 unspecified atom stereocenters. The van der Waals surface area contributed by atoms with E-state index in [1.807, 2.05) is 36.4 Å². The maximum absolute atomic E-state index is 13.1. The molecule has 174 valence electrons. The zero-order chi connectivity index (χ0) is 23.7. The molecule has 0 fully saturated rings. The summed E-state index contributed by atoms with van der Waals surface area (Å²) in [5.41, 5.74) is 2.13. The highest BCUT2D eigenvalue weighted by Crippen LogP contribution is 2.24. The van der Waals surface area contributed by atoms with Gasteiger partial charge in [-0.25, -0.2) is 0 Å². The second kappa shape index (κ2) is 11.9. The molecule has 2 amide bonds. The fourth-order valence-corrected chi connectivity index (χ4v) is 3.31. The molecule has 1 N–H and O–H groups in total. The van der Waals surface area contributed by atoms with Crippen molar-refractivity contribution in [2.24, 2.45) is 0 Å². The van der Waals surface area contributed by atoms with Gasteiger partial charge in [0.2, 0.25) is 5.91 Å². The first-order chi connectivity index (χ1) is 15.1. The Balaban J connectivity index is 2.09. The molecular weight excluding hydrogens is 424 g/mol. The smallest absolute Gasteiger partial charge is 0.261 e. The monoisotopic (exact) mass is 458 g/mol. The molecule has 0 saturated heterocycles. The van der Waals surface area contributed by atoms with E-state index in [9.17, 15) is 9.59 Å². The third-order valence-corrected chi connectivity index (χ3v) is 5.60. The van der Waals surface area contributed by atoms with Crippen LogP contribution in [0.1, 0.15) is 58.6 Å². The number of hydrogen-bond acceptors (Lipinski definition) is 3. The maximum atomic E-state index is 13.1. The molecule has 2 aromatic rings. The summed E-state index contributed by atoms with van der Waals surface area (Å²) < 4.78 is 5.76. The normalized spacial score (nSPS) is 12.2. The Morgan fingerprint density at radius 2 is 1.69 bits per heavy atom. The minimum atomic E-state index is -0.623. The van der Waals surface area contributed by atoms with Crippen LogP contribution in [0.2, 0.25) is 5.02 Å². The second-order valence-corrected chi connectivity index (χ2v) is 9.47. The molecule has 2 rings (SSSR count). The molecule has 0 aliphatic carbocycles. The number of nitrogens with zero attached hydrogens (tertiary/aromatic N) is 1. The first-order valence-corrected chi connectivity index (χ1v) is 11.5. The average Bonchev–Trinajstić information content (AvgIpc) is 2.76. The molecule has 5 nitrogen and oxygen atoms in total. The quantitative estimate of drug-likeness (QED) is 0.488. The molecule has 0 aromatic heterocycles. The van der Waals surface area contributed by atoms with E-state index in [0.717, 1.165) is 18.4 Å². The lowest BCUT2D eigenvalue weighted by atomic mass is 9.87. The Morgan fingerprint density at radius 3 is 2.25 bits per heavy atom. The number of amides is 2. The average molecular weight is 459 g/mol. The van der Waals surface area contributed by atoms with Crippen molar-refractivity contribution in [3.8, 4) is 5.75 Å². The van der Waals surface area contributed by atoms with Gasteiger partial charge in [0, 0.05) is 18.1 Å². The minimum Gasteiger partial charge on any atom is -0.484 e. The first-order valence-electron chi connectivity index (χ1n) is 11.2. The van der Waals surface area contributed by atoms with E-state index in [2.05, 4.69) is 33.0 Å². The Hall–Kier alpha value is -2.53. The maximum Gasteiger partial charge on any atom is 0.261 e. The van der Waals surface area contributed by atoms with Crippen LogP contribution in [-0.4, -0.2) is 35.9 Å². The summed E-state index contributed by atoms with van der Waals surface area (Å²) in [6.45, 7) is 11.0. The molecule has 6 heteroatoms. The predicted octanol–water partition coefficient (Wildman–Crippen LogP) is 5.35. The van der Waals surface area contributed by atoms with Crippen LogP contribution in [0.4, 0.5) is 0 Å². The van der Waals surface area contributed by atoms with Gasteiger partial charge < -0.3 is 15.0 Å². The number of ether oxygens (including phenoxy) is 1. The van der Waals surface area contributed by atoms with Crippen molar-refractivity contribution in [2.45, 2.75) is 65.5 Å². The van der Waals surface area contributed by atoms with Crippen molar-refractivity contribution in [1.29, 1.82) is 0 Å². The van der Waals surface area contributed by atoms with E-state index in [1.165, 1.54) is 5.56 Å². The molecule has 1 atom stereocenters. The van der Waals surface area contributed by atoms with E-state index in [1.54, 1.807) is 24.0 Å². The Morgan fingerprint density at radius 1 is 1.06 bits per heavy atom. The topological polar surface area (TPSA) is 58.6 Å². The number of unbranched alkanes of at least 4 members (excludes halogenated alkanes) is 1. The van der Waals surface area contributed by atoms with E-state index < -0.39 is 6.04 Å². The standard InChI is InChI=1S/C26H35ClN2O3/c1-6-7-16-28-25(31)19(2)29(17-20-8-12-22(27)13-9-20)24(30)18-32-23-14-10-21(11-15-23)26(3,4)5/h8-15,19H,6-7,16-18H2,1-5H3,(H,28,31)/t19-/m1/s1. The molecule has 0 saturated carbocycles. The Kier molecular flexibility index (Phi) is 9.58. The van der Waals surface area contributed by atoms with Crippen molar-refractivity contribution >= 4 is 23.4 Å². The van der Waals surface area contributed by atoms with Crippen LogP contribution in [0.5, 0.6) is 5.75 Å². The SMILES string of the molecule is CCCCNC(=O)[C@@H](C)N(Cc1ccc(Cl)cc1)C(=O)COc1ccc(C(C)(C)C)cc1. The van der Waals surface area contributed by atoms with E-state index in [0.29, 0.717) is 23.9 Å². The lowest BCUT2D eigenvalue weighted by molar-refractivity contribution is -0.142. The van der Waals surface area contributed by atoms with Gasteiger partial charge in [-0.1, -0.05) is 70.0 Å². The Labute approximate surface area is 197 Å². The van der Waals surface area contributed by atoms with E-state index in [4.69, 9.17) is 16.3 Å². The zero-order valence-corrected chi connectivity index (χ0v) is 20.5. The fraction of sp³-hybridized carbons (Fsp3) is 0.462. The molecule has 0 spiro atoms. The number of halogens is 1. The highest BCUT2D eigenvalue weighted by atomic mass is 35.5. The first kappa shape index (κ1) is 25.7. The van der Waals surface area contributed by atoms with Crippen LogP contribution < -0.4 is 10.1 Å². The van der Waals surface area contributed by atoms with Crippen LogP contribution in [0.3, 0.4) is 0 Å². The van der Waals surface area contributed by atoms with Gasteiger partial charge in [0.25, 0.3) is 5.91 Å². The van der Waals surface area contributed by atoms with Gasteiger partial charge >= 0.3 is 0 Å². The molecule has 0 heterocycles. The van der Waals surface area contributed by atoms with Crippen LogP contribution in [0.15, 0.2) is 48.5 Å². The molecular formula is C26H35ClN2O3. The number of benzene rings is 2. The van der Waals surface area contributed by atoms with Crippen LogP contribution in [0.25, 0.3) is 0 Å². The van der Waals surface area contributed by atoms with Crippen molar-refractivity contribution in [1.82, 2.24) is 10.2 Å². The summed E-state index contributed by atoms with van der Waals surface area (Å²) >= 11 is 5.99. The summed E-state index contributed by atoms with van der Waals surface area (Å²) in [5, 5.41) is 3.54. The third kappa shape index (κ3) is 7.86. The van der Waals surface area contributed by atoms with Gasteiger partial charge in [0.05, 0.1) is 0 Å². The minimum absolute atomic E-state index is 0.0459. The number of nitrogens with one attached hydrogen (secondary N) is 1. The molecule has 0 radical (unpaired) electrons. The van der Waals surface area contributed by atoms with Crippen molar-refractivity contribution in [3.05, 3.63) is 64.7 Å². The summed E-state index contributed by atoms with van der Waals surface area (Å²) in [6.07, 6.45) is 1.89.